The number of halogens is 1. The first kappa shape index (κ1) is 11.1. The number of hydrogen-bond donors (Lipinski definition) is 1. The number of hydrogen-bond acceptors (Lipinski definition) is 3. The highest BCUT2D eigenvalue weighted by atomic mass is 79.9. The molecule has 0 amide bonds. The number of rotatable bonds is 2. The van der Waals surface area contributed by atoms with E-state index in [9.17, 15) is 0 Å². The molecule has 18 heavy (non-hydrogen) atoms. The Morgan fingerprint density at radius 3 is 2.89 bits per heavy atom. The van der Waals surface area contributed by atoms with Crippen LogP contribution in [-0.2, 0) is 0 Å². The Bertz CT molecular complexity index is 673. The summed E-state index contributed by atoms with van der Waals surface area (Å²) in [5.41, 5.74) is 9.14. The highest BCUT2D eigenvalue weighted by Gasteiger charge is 2.10. The van der Waals surface area contributed by atoms with Crippen molar-refractivity contribution in [3.8, 4) is 16.9 Å². The van der Waals surface area contributed by atoms with Crippen LogP contribution in [0.15, 0.2) is 57.9 Å². The summed E-state index contributed by atoms with van der Waals surface area (Å²) in [7, 11) is 0. The summed E-state index contributed by atoms with van der Waals surface area (Å²) in [6.45, 7) is 0. The van der Waals surface area contributed by atoms with E-state index >= 15 is 0 Å². The van der Waals surface area contributed by atoms with Gasteiger partial charge in [-0.15, -0.1) is 0 Å². The maximum atomic E-state index is 5.97. The zero-order valence-electron chi connectivity index (χ0n) is 9.38. The fraction of sp³-hybridized carbons (Fsp3) is 0. The lowest BCUT2D eigenvalue weighted by molar-refractivity contribution is 0.568. The van der Waals surface area contributed by atoms with Gasteiger partial charge in [-0.1, -0.05) is 22.0 Å². The molecule has 0 unspecified atom stereocenters. The maximum absolute atomic E-state index is 5.97. The van der Waals surface area contributed by atoms with Crippen LogP contribution in [0.4, 0.5) is 5.69 Å². The van der Waals surface area contributed by atoms with Crippen molar-refractivity contribution in [1.82, 2.24) is 9.78 Å². The lowest BCUT2D eigenvalue weighted by Crippen LogP contribution is -1.94. The van der Waals surface area contributed by atoms with Crippen molar-refractivity contribution in [2.24, 2.45) is 0 Å². The zero-order chi connectivity index (χ0) is 12.5. The first-order valence-corrected chi connectivity index (χ1v) is 6.17. The van der Waals surface area contributed by atoms with Crippen molar-refractivity contribution in [3.05, 3.63) is 53.5 Å². The summed E-state index contributed by atoms with van der Waals surface area (Å²) < 4.78 is 7.80. The van der Waals surface area contributed by atoms with Crippen LogP contribution in [-0.4, -0.2) is 9.78 Å². The average Bonchev–Trinajstić information content (AvgIpc) is 2.97. The second kappa shape index (κ2) is 4.34. The molecule has 1 aromatic carbocycles. The summed E-state index contributed by atoms with van der Waals surface area (Å²) in [6, 6.07) is 9.70. The van der Waals surface area contributed by atoms with Crippen molar-refractivity contribution in [2.45, 2.75) is 0 Å². The molecule has 0 spiro atoms. The number of nitrogen functional groups attached to an aromatic ring is 1. The topological polar surface area (TPSA) is 57.0 Å². The summed E-state index contributed by atoms with van der Waals surface area (Å²) >= 11 is 3.44. The molecule has 2 heterocycles. The molecule has 3 rings (SSSR count). The second-order valence-corrected chi connectivity index (χ2v) is 4.79. The lowest BCUT2D eigenvalue weighted by Gasteiger charge is -2.00. The Hall–Kier alpha value is -2.01. The lowest BCUT2D eigenvalue weighted by atomic mass is 10.2. The third-order valence-corrected chi connectivity index (χ3v) is 3.10. The molecule has 0 bridgehead atoms. The number of benzene rings is 1. The van der Waals surface area contributed by atoms with Crippen LogP contribution >= 0.6 is 15.9 Å². The number of nitrogens with zero attached hydrogens (tertiary/aromatic N) is 2. The van der Waals surface area contributed by atoms with Crippen molar-refractivity contribution < 1.29 is 4.42 Å². The van der Waals surface area contributed by atoms with Crippen LogP contribution in [0.5, 0.6) is 0 Å². The average molecular weight is 304 g/mol. The fourth-order valence-electron chi connectivity index (χ4n) is 1.76. The third-order valence-electron chi connectivity index (χ3n) is 2.61. The second-order valence-electron chi connectivity index (χ2n) is 3.87. The number of furan rings is 1. The van der Waals surface area contributed by atoms with Gasteiger partial charge >= 0.3 is 0 Å². The molecule has 0 radical (unpaired) electrons. The smallest absolute Gasteiger partial charge is 0.119 e. The van der Waals surface area contributed by atoms with E-state index in [2.05, 4.69) is 21.0 Å². The van der Waals surface area contributed by atoms with Gasteiger partial charge < -0.3 is 10.2 Å². The van der Waals surface area contributed by atoms with Crippen molar-refractivity contribution in [2.75, 3.05) is 5.73 Å². The van der Waals surface area contributed by atoms with E-state index in [0.717, 1.165) is 21.4 Å². The fourth-order valence-corrected chi connectivity index (χ4v) is 2.15. The van der Waals surface area contributed by atoms with Gasteiger partial charge in [0.05, 0.1) is 30.1 Å². The van der Waals surface area contributed by atoms with E-state index in [4.69, 9.17) is 10.2 Å². The molecular weight excluding hydrogens is 294 g/mol. The SMILES string of the molecule is Nc1cn(-c2cccc(Br)c2)nc1-c1ccoc1. The molecule has 5 heteroatoms. The highest BCUT2D eigenvalue weighted by Crippen LogP contribution is 2.26. The molecule has 0 atom stereocenters. The Kier molecular flexibility index (Phi) is 2.68. The minimum absolute atomic E-state index is 0.622. The molecule has 0 saturated heterocycles. The highest BCUT2D eigenvalue weighted by molar-refractivity contribution is 9.10. The van der Waals surface area contributed by atoms with Gasteiger partial charge in [0.1, 0.15) is 5.69 Å². The predicted octanol–water partition coefficient (Wildman–Crippen LogP) is 3.48. The van der Waals surface area contributed by atoms with Gasteiger partial charge in [-0.25, -0.2) is 4.68 Å². The van der Waals surface area contributed by atoms with E-state index in [1.807, 2.05) is 30.3 Å². The first-order chi connectivity index (χ1) is 8.74. The molecule has 3 aromatic rings. The first-order valence-electron chi connectivity index (χ1n) is 5.38. The molecule has 0 aliphatic carbocycles. The molecule has 90 valence electrons. The molecule has 0 saturated carbocycles. The van der Waals surface area contributed by atoms with E-state index in [1.165, 1.54) is 0 Å². The number of anilines is 1. The zero-order valence-corrected chi connectivity index (χ0v) is 11.0. The molecule has 0 aliphatic rings. The third kappa shape index (κ3) is 1.93. The maximum Gasteiger partial charge on any atom is 0.119 e. The number of nitrogens with two attached hydrogens (primary N) is 1. The van der Waals surface area contributed by atoms with E-state index in [0.29, 0.717) is 5.69 Å². The molecule has 0 aliphatic heterocycles. The van der Waals surface area contributed by atoms with E-state index < -0.39 is 0 Å². The van der Waals surface area contributed by atoms with Crippen LogP contribution < -0.4 is 5.73 Å². The van der Waals surface area contributed by atoms with Gasteiger partial charge in [0.25, 0.3) is 0 Å². The Labute approximate surface area is 112 Å². The van der Waals surface area contributed by atoms with Crippen molar-refractivity contribution >= 4 is 21.6 Å². The molecule has 4 nitrogen and oxygen atoms in total. The predicted molar refractivity (Wildman–Crippen MR) is 73.4 cm³/mol. The largest absolute Gasteiger partial charge is 0.472 e. The Morgan fingerprint density at radius 2 is 2.17 bits per heavy atom. The summed E-state index contributed by atoms with van der Waals surface area (Å²) in [6.07, 6.45) is 5.03. The molecular formula is C13H10BrN3O. The molecule has 2 aromatic heterocycles. The standard InChI is InChI=1S/C13H10BrN3O/c14-10-2-1-3-11(6-10)17-7-12(15)13(16-17)9-4-5-18-8-9/h1-8H,15H2. The van der Waals surface area contributed by atoms with Crippen molar-refractivity contribution in [3.63, 3.8) is 0 Å². The minimum atomic E-state index is 0.622. The Balaban J connectivity index is 2.08. The summed E-state index contributed by atoms with van der Waals surface area (Å²) in [5.74, 6) is 0. The van der Waals surface area contributed by atoms with Gasteiger partial charge in [0.15, 0.2) is 0 Å². The van der Waals surface area contributed by atoms with Gasteiger partial charge in [-0.2, -0.15) is 5.10 Å². The van der Waals surface area contributed by atoms with Gasteiger partial charge in [0, 0.05) is 10.0 Å². The van der Waals surface area contributed by atoms with Gasteiger partial charge in [-0.3, -0.25) is 0 Å². The molecule has 2 N–H and O–H groups in total. The number of aromatic nitrogens is 2. The van der Waals surface area contributed by atoms with Gasteiger partial charge in [0.2, 0.25) is 0 Å². The van der Waals surface area contributed by atoms with Crippen LogP contribution in [0.1, 0.15) is 0 Å². The summed E-state index contributed by atoms with van der Waals surface area (Å²) in [4.78, 5) is 0. The normalized spacial score (nSPS) is 10.7. The molecule has 0 fully saturated rings. The van der Waals surface area contributed by atoms with E-state index in [-0.39, 0.29) is 0 Å². The van der Waals surface area contributed by atoms with Crippen LogP contribution in [0, 0.1) is 0 Å². The van der Waals surface area contributed by atoms with E-state index in [1.54, 1.807) is 23.4 Å². The quantitative estimate of drug-likeness (QED) is 0.788. The summed E-state index contributed by atoms with van der Waals surface area (Å²) in [5, 5.41) is 4.47. The Morgan fingerprint density at radius 1 is 1.28 bits per heavy atom. The monoisotopic (exact) mass is 303 g/mol. The van der Waals surface area contributed by atoms with Crippen LogP contribution in [0.3, 0.4) is 0 Å². The van der Waals surface area contributed by atoms with Gasteiger partial charge in [-0.05, 0) is 24.3 Å². The van der Waals surface area contributed by atoms with Crippen LogP contribution in [0.25, 0.3) is 16.9 Å². The minimum Gasteiger partial charge on any atom is -0.472 e. The van der Waals surface area contributed by atoms with Crippen molar-refractivity contribution in [1.29, 1.82) is 0 Å². The van der Waals surface area contributed by atoms with Crippen LogP contribution in [0.2, 0.25) is 0 Å².